The Kier molecular flexibility index (Phi) is 6.41. The van der Waals surface area contributed by atoms with Gasteiger partial charge in [-0.25, -0.2) is 9.78 Å². The second kappa shape index (κ2) is 9.56. The van der Waals surface area contributed by atoms with Crippen molar-refractivity contribution >= 4 is 34.4 Å². The summed E-state index contributed by atoms with van der Waals surface area (Å²) >= 11 is 0. The number of carbonyl (C=O) groups excluding carboxylic acids is 1. The lowest BCUT2D eigenvalue weighted by molar-refractivity contribution is 0.252. The quantitative estimate of drug-likeness (QED) is 0.512. The Bertz CT molecular complexity index is 961. The predicted molar refractivity (Wildman–Crippen MR) is 119 cm³/mol. The molecular weight excluding hydrogens is 378 g/mol. The smallest absolute Gasteiger partial charge is 0.319 e. The maximum absolute atomic E-state index is 11.9. The van der Waals surface area contributed by atoms with Crippen molar-refractivity contribution in [2.24, 2.45) is 0 Å². The summed E-state index contributed by atoms with van der Waals surface area (Å²) in [5.74, 6) is 0.681. The van der Waals surface area contributed by atoms with E-state index in [9.17, 15) is 4.79 Å². The summed E-state index contributed by atoms with van der Waals surface area (Å²) in [5, 5.41) is 13.6. The molecule has 0 bridgehead atoms. The fraction of sp³-hybridized carbons (Fsp3) is 0.455. The van der Waals surface area contributed by atoms with Crippen LogP contribution in [0.15, 0.2) is 36.7 Å². The Morgan fingerprint density at radius 3 is 2.63 bits per heavy atom. The maximum atomic E-state index is 11.9. The standard InChI is InChI=1S/C22H29N7O/c1-2-13-23-22(30)26-17-9-11-19(12-10-17)29(18-7-5-3-4-6-8-18)21-24-14-16-15-25-28-20(16)27-21/h9-12,14-15,18H,2-8,13H2,1H3,(H2,23,26,30)(H,24,25,27,28). The van der Waals surface area contributed by atoms with Crippen molar-refractivity contribution in [3.05, 3.63) is 36.7 Å². The summed E-state index contributed by atoms with van der Waals surface area (Å²) in [6.45, 7) is 2.69. The molecular formula is C22H29N7O. The highest BCUT2D eigenvalue weighted by atomic mass is 16.2. The first-order chi connectivity index (χ1) is 14.7. The van der Waals surface area contributed by atoms with Crippen molar-refractivity contribution in [1.29, 1.82) is 0 Å². The minimum Gasteiger partial charge on any atom is -0.338 e. The second-order valence-electron chi connectivity index (χ2n) is 7.79. The molecule has 3 N–H and O–H groups in total. The fourth-order valence-corrected chi connectivity index (χ4v) is 3.97. The van der Waals surface area contributed by atoms with Gasteiger partial charge in [0, 0.05) is 30.2 Å². The number of hydrogen-bond acceptors (Lipinski definition) is 5. The number of urea groups is 1. The van der Waals surface area contributed by atoms with Gasteiger partial charge in [0.25, 0.3) is 0 Å². The van der Waals surface area contributed by atoms with E-state index in [1.165, 1.54) is 25.7 Å². The van der Waals surface area contributed by atoms with Crippen LogP contribution in [0.1, 0.15) is 51.9 Å². The summed E-state index contributed by atoms with van der Waals surface area (Å²) in [4.78, 5) is 23.6. The summed E-state index contributed by atoms with van der Waals surface area (Å²) < 4.78 is 0. The van der Waals surface area contributed by atoms with Gasteiger partial charge in [0.2, 0.25) is 5.95 Å². The lowest BCUT2D eigenvalue weighted by Crippen LogP contribution is -2.32. The molecule has 0 spiro atoms. The average molecular weight is 408 g/mol. The number of carbonyl (C=O) groups is 1. The number of nitrogens with one attached hydrogen (secondary N) is 3. The van der Waals surface area contributed by atoms with Gasteiger partial charge in [-0.3, -0.25) is 5.10 Å². The molecule has 0 radical (unpaired) electrons. The van der Waals surface area contributed by atoms with Crippen LogP contribution in [-0.4, -0.2) is 38.8 Å². The summed E-state index contributed by atoms with van der Waals surface area (Å²) in [7, 11) is 0. The Morgan fingerprint density at radius 2 is 1.90 bits per heavy atom. The van der Waals surface area contributed by atoms with Gasteiger partial charge < -0.3 is 15.5 Å². The number of H-pyrrole nitrogens is 1. The van der Waals surface area contributed by atoms with Crippen LogP contribution in [-0.2, 0) is 0 Å². The topological polar surface area (TPSA) is 98.8 Å². The lowest BCUT2D eigenvalue weighted by Gasteiger charge is -2.31. The molecule has 0 unspecified atom stereocenters. The summed E-state index contributed by atoms with van der Waals surface area (Å²) in [6.07, 6.45) is 11.7. The minimum atomic E-state index is -0.182. The van der Waals surface area contributed by atoms with Crippen LogP contribution in [0, 0.1) is 0 Å². The predicted octanol–water partition coefficient (Wildman–Crippen LogP) is 4.75. The van der Waals surface area contributed by atoms with E-state index in [2.05, 4.69) is 30.7 Å². The van der Waals surface area contributed by atoms with Crippen LogP contribution in [0.2, 0.25) is 0 Å². The van der Waals surface area contributed by atoms with Gasteiger partial charge in [0.15, 0.2) is 5.65 Å². The molecule has 0 atom stereocenters. The van der Waals surface area contributed by atoms with E-state index in [4.69, 9.17) is 4.98 Å². The number of hydrogen-bond donors (Lipinski definition) is 3. The van der Waals surface area contributed by atoms with Gasteiger partial charge in [-0.05, 0) is 43.5 Å². The molecule has 30 heavy (non-hydrogen) atoms. The average Bonchev–Trinajstić information content (AvgIpc) is 3.07. The molecule has 1 aromatic carbocycles. The largest absolute Gasteiger partial charge is 0.338 e. The van der Waals surface area contributed by atoms with Crippen LogP contribution < -0.4 is 15.5 Å². The fourth-order valence-electron chi connectivity index (χ4n) is 3.97. The number of aromatic amines is 1. The van der Waals surface area contributed by atoms with Crippen LogP contribution in [0.25, 0.3) is 11.0 Å². The molecule has 4 rings (SSSR count). The first-order valence-electron chi connectivity index (χ1n) is 10.8. The van der Waals surface area contributed by atoms with Crippen molar-refractivity contribution in [2.45, 2.75) is 57.9 Å². The number of benzene rings is 1. The molecule has 8 nitrogen and oxygen atoms in total. The summed E-state index contributed by atoms with van der Waals surface area (Å²) in [5.41, 5.74) is 2.53. The zero-order valence-electron chi connectivity index (χ0n) is 17.4. The third-order valence-corrected chi connectivity index (χ3v) is 5.52. The SMILES string of the molecule is CCCNC(=O)Nc1ccc(N(c2ncc3cn[nH]c3n2)C2CCCCCC2)cc1. The molecule has 3 aromatic rings. The maximum Gasteiger partial charge on any atom is 0.319 e. The van der Waals surface area contributed by atoms with E-state index in [1.54, 1.807) is 6.20 Å². The van der Waals surface area contributed by atoms with E-state index in [-0.39, 0.29) is 6.03 Å². The van der Waals surface area contributed by atoms with Gasteiger partial charge in [-0.2, -0.15) is 10.1 Å². The number of amides is 2. The monoisotopic (exact) mass is 407 g/mol. The van der Waals surface area contributed by atoms with Gasteiger partial charge in [0.1, 0.15) is 0 Å². The van der Waals surface area contributed by atoms with Crippen molar-refractivity contribution in [1.82, 2.24) is 25.5 Å². The van der Waals surface area contributed by atoms with Crippen molar-refractivity contribution in [2.75, 3.05) is 16.8 Å². The molecule has 2 heterocycles. The molecule has 1 fully saturated rings. The molecule has 1 aliphatic carbocycles. The molecule has 8 heteroatoms. The number of nitrogens with zero attached hydrogens (tertiary/aromatic N) is 4. The highest BCUT2D eigenvalue weighted by Gasteiger charge is 2.24. The molecule has 0 saturated heterocycles. The molecule has 1 saturated carbocycles. The van der Waals surface area contributed by atoms with Gasteiger partial charge in [-0.1, -0.05) is 32.6 Å². The highest BCUT2D eigenvalue weighted by Crippen LogP contribution is 2.32. The normalized spacial score (nSPS) is 15.0. The van der Waals surface area contributed by atoms with E-state index in [0.717, 1.165) is 41.7 Å². The Labute approximate surface area is 176 Å². The van der Waals surface area contributed by atoms with E-state index >= 15 is 0 Å². The Morgan fingerprint density at radius 1 is 1.13 bits per heavy atom. The van der Waals surface area contributed by atoms with Crippen molar-refractivity contribution in [3.63, 3.8) is 0 Å². The second-order valence-corrected chi connectivity index (χ2v) is 7.79. The third-order valence-electron chi connectivity index (χ3n) is 5.52. The van der Waals surface area contributed by atoms with Crippen LogP contribution in [0.5, 0.6) is 0 Å². The molecule has 2 amide bonds. The minimum absolute atomic E-state index is 0.182. The molecule has 158 valence electrons. The van der Waals surface area contributed by atoms with Crippen molar-refractivity contribution < 1.29 is 4.79 Å². The van der Waals surface area contributed by atoms with Crippen molar-refractivity contribution in [3.8, 4) is 0 Å². The lowest BCUT2D eigenvalue weighted by atomic mass is 10.1. The van der Waals surface area contributed by atoms with Crippen LogP contribution in [0.4, 0.5) is 22.1 Å². The number of fused-ring (bicyclic) bond motifs is 1. The zero-order chi connectivity index (χ0) is 20.8. The first-order valence-corrected chi connectivity index (χ1v) is 10.8. The third kappa shape index (κ3) is 4.69. The van der Waals surface area contributed by atoms with Crippen LogP contribution in [0.3, 0.4) is 0 Å². The molecule has 2 aromatic heterocycles. The Balaban J connectivity index is 1.61. The number of anilines is 3. The van der Waals surface area contributed by atoms with Gasteiger partial charge in [0.05, 0.1) is 11.6 Å². The zero-order valence-corrected chi connectivity index (χ0v) is 17.4. The van der Waals surface area contributed by atoms with E-state index in [1.807, 2.05) is 37.4 Å². The Hall–Kier alpha value is -3.16. The van der Waals surface area contributed by atoms with Gasteiger partial charge in [-0.15, -0.1) is 0 Å². The summed E-state index contributed by atoms with van der Waals surface area (Å²) in [6, 6.07) is 8.08. The molecule has 0 aliphatic heterocycles. The molecule has 1 aliphatic rings. The van der Waals surface area contributed by atoms with Gasteiger partial charge >= 0.3 is 6.03 Å². The highest BCUT2D eigenvalue weighted by molar-refractivity contribution is 5.89. The number of rotatable bonds is 6. The van der Waals surface area contributed by atoms with Crippen LogP contribution >= 0.6 is 0 Å². The van der Waals surface area contributed by atoms with E-state index in [0.29, 0.717) is 18.5 Å². The van der Waals surface area contributed by atoms with E-state index < -0.39 is 0 Å². The first kappa shape index (κ1) is 20.1. The number of aromatic nitrogens is 4.